The monoisotopic (exact) mass is 1840 g/mol. The summed E-state index contributed by atoms with van der Waals surface area (Å²) < 4.78 is 82.6. The van der Waals surface area contributed by atoms with Crippen molar-refractivity contribution < 1.29 is 110 Å². The van der Waals surface area contributed by atoms with Crippen molar-refractivity contribution in [3.8, 4) is 0 Å². The lowest BCUT2D eigenvalue weighted by molar-refractivity contribution is -0.168. The van der Waals surface area contributed by atoms with E-state index in [-0.39, 0.29) is 195 Å². The molecule has 6 aromatic rings. The Morgan fingerprint density at radius 2 is 0.669 bits per heavy atom. The number of nitrogens with zero attached hydrogens (tertiary/aromatic N) is 1. The number of hydrogen-bond acceptors (Lipinski definition) is 21. The predicted molar refractivity (Wildman–Crippen MR) is 468 cm³/mol. The molecule has 8 aliphatic rings. The number of carbonyl (C=O) groups is 10. The van der Waals surface area contributed by atoms with E-state index in [9.17, 15) is 73.9 Å². The van der Waals surface area contributed by atoms with Gasteiger partial charge in [0.1, 0.15) is 92.9 Å². The smallest absolute Gasteiger partial charge is 0.320 e. The van der Waals surface area contributed by atoms with Crippen molar-refractivity contribution in [2.75, 3.05) is 57.6 Å². The van der Waals surface area contributed by atoms with E-state index in [0.29, 0.717) is 64.2 Å². The average molecular weight is 1840 g/mol. The van der Waals surface area contributed by atoms with Crippen LogP contribution >= 0.6 is 0 Å². The lowest BCUT2D eigenvalue weighted by atomic mass is 9.44. The minimum atomic E-state index is -4.73. The van der Waals surface area contributed by atoms with E-state index in [0.717, 1.165) is 38.5 Å². The lowest BCUT2D eigenvalue weighted by Gasteiger charge is -2.58. The van der Waals surface area contributed by atoms with Crippen LogP contribution in [-0.4, -0.2) is 147 Å². The molecule has 16 atom stereocenters. The summed E-state index contributed by atoms with van der Waals surface area (Å²) in [5, 5.41) is 0. The van der Waals surface area contributed by atoms with E-state index in [1.807, 2.05) is 27.7 Å². The molecule has 6 aromatic carbocycles. The van der Waals surface area contributed by atoms with Gasteiger partial charge in [0.2, 0.25) is 0 Å². The third-order valence-electron chi connectivity index (χ3n) is 28.4. The summed E-state index contributed by atoms with van der Waals surface area (Å²) in [6.07, 6.45) is 9.51. The van der Waals surface area contributed by atoms with E-state index in [2.05, 4.69) is 231 Å². The Morgan fingerprint density at radius 1 is 0.403 bits per heavy atom. The molecule has 124 heavy (non-hydrogen) atoms. The molecule has 0 N–H and O–H groups in total. The summed E-state index contributed by atoms with van der Waals surface area (Å²) >= 11 is 0. The van der Waals surface area contributed by atoms with Gasteiger partial charge in [-0.3, -0.25) is 47.9 Å². The van der Waals surface area contributed by atoms with Crippen LogP contribution in [0.2, 0.25) is 0 Å². The first kappa shape index (κ1) is 99.9. The number of carbonyl (C=O) groups excluding carboxylic acids is 10. The van der Waals surface area contributed by atoms with Crippen LogP contribution in [-0.2, 0) is 109 Å². The molecule has 0 radical (unpaired) electrons. The number of rotatable bonds is 27. The fraction of sp³-hybridized carbons (Fsp3) is 0.531. The first-order valence-corrected chi connectivity index (χ1v) is 49.3. The van der Waals surface area contributed by atoms with Crippen molar-refractivity contribution in [2.45, 2.75) is 207 Å². The van der Waals surface area contributed by atoms with Gasteiger partial charge in [0.05, 0.1) is 21.8 Å². The fourth-order valence-corrected chi connectivity index (χ4v) is 26.8. The zero-order valence-electron chi connectivity index (χ0n) is 73.0. The Balaban J connectivity index is 0.000000190. The molecule has 672 valence electrons. The van der Waals surface area contributed by atoms with E-state index < -0.39 is 66.4 Å². The van der Waals surface area contributed by atoms with Gasteiger partial charge < -0.3 is 49.9 Å². The van der Waals surface area contributed by atoms with Gasteiger partial charge in [-0.05, 0) is 214 Å². The number of esters is 4. The Labute approximate surface area is 749 Å². The van der Waals surface area contributed by atoms with Crippen LogP contribution in [0.4, 0.5) is 0 Å². The van der Waals surface area contributed by atoms with E-state index in [4.69, 9.17) is 9.47 Å². The molecule has 8 aliphatic carbocycles. The van der Waals surface area contributed by atoms with Crippen molar-refractivity contribution in [1.82, 2.24) is 4.90 Å². The summed E-state index contributed by atoms with van der Waals surface area (Å²) in [6.45, 7) is 21.4. The van der Waals surface area contributed by atoms with Crippen LogP contribution in [0.25, 0.3) is 0 Å². The van der Waals surface area contributed by atoms with E-state index in [1.54, 1.807) is 0 Å². The number of Topliss-reactive ketones (excluding diaryl/α,β-unsaturated/α-hetero) is 6. The van der Waals surface area contributed by atoms with Crippen LogP contribution in [0, 0.1) is 92.7 Å². The highest BCUT2D eigenvalue weighted by molar-refractivity contribution is 7.97. The van der Waals surface area contributed by atoms with Gasteiger partial charge in [0.15, 0.2) is 29.4 Å². The van der Waals surface area contributed by atoms with Gasteiger partial charge in [-0.25, -0.2) is 16.8 Å². The third kappa shape index (κ3) is 24.9. The number of ketones is 6. The molecule has 0 spiro atoms. The normalized spacial score (nSPS) is 27.0. The highest BCUT2D eigenvalue weighted by Gasteiger charge is 2.68. The molecule has 8 unspecified atom stereocenters. The van der Waals surface area contributed by atoms with Crippen molar-refractivity contribution in [3.63, 3.8) is 0 Å². The summed E-state index contributed by atoms with van der Waals surface area (Å²) in [5.74, 6) is -4.74. The molecule has 0 amide bonds. The molecule has 14 rings (SSSR count). The van der Waals surface area contributed by atoms with Crippen LogP contribution in [0.5, 0.6) is 0 Å². The zero-order chi connectivity index (χ0) is 89.0. The molecule has 26 heteroatoms. The second-order valence-corrected chi connectivity index (χ2v) is 42.2. The highest BCUT2D eigenvalue weighted by atomic mass is 79.9. The molecule has 0 bridgehead atoms. The van der Waals surface area contributed by atoms with Crippen LogP contribution in [0.3, 0.4) is 0 Å². The van der Waals surface area contributed by atoms with Gasteiger partial charge in [0, 0.05) is 86.9 Å². The van der Waals surface area contributed by atoms with Crippen LogP contribution < -0.4 is 17.0 Å². The molecule has 0 aliphatic heterocycles. The largest absolute Gasteiger partial charge is 1.00 e. The second kappa shape index (κ2) is 45.2. The summed E-state index contributed by atoms with van der Waals surface area (Å²) in [4.78, 5) is 136. The molecule has 0 saturated heterocycles. The molecule has 0 heterocycles. The Bertz CT molecular complexity index is 4350. The van der Waals surface area contributed by atoms with Gasteiger partial charge >= 0.3 is 23.9 Å². The van der Waals surface area contributed by atoms with Crippen molar-refractivity contribution in [1.29, 1.82) is 0 Å². The first-order chi connectivity index (χ1) is 58.6. The Kier molecular flexibility index (Phi) is 36.5. The topological polar surface area (TPSA) is 325 Å². The minimum absolute atomic E-state index is 0. The average Bonchev–Trinajstić information content (AvgIpc) is 1.45. The Morgan fingerprint density at radius 3 is 0.919 bits per heavy atom. The molecule has 8 saturated carbocycles. The summed E-state index contributed by atoms with van der Waals surface area (Å²) in [5.41, 5.74) is -1.56. The minimum Gasteiger partial charge on any atom is -1.00 e. The number of ether oxygens (including phenoxy) is 4. The maximum Gasteiger partial charge on any atom is 0.320 e. The molecule has 21 nitrogen and oxygen atoms in total. The van der Waals surface area contributed by atoms with Crippen molar-refractivity contribution in [2.24, 2.45) is 92.7 Å². The van der Waals surface area contributed by atoms with Crippen molar-refractivity contribution >= 4 is 101 Å². The van der Waals surface area contributed by atoms with Gasteiger partial charge in [-0.2, -0.15) is 0 Å². The maximum absolute atomic E-state index is 13.8. The number of benzene rings is 6. The molecule has 8 fully saturated rings. The third-order valence-corrected chi connectivity index (χ3v) is 34.1. The van der Waals surface area contributed by atoms with Gasteiger partial charge in [-0.1, -0.05) is 172 Å². The first-order valence-electron chi connectivity index (χ1n) is 43.7. The quantitative estimate of drug-likeness (QED) is 0.0152. The van der Waals surface area contributed by atoms with Gasteiger partial charge in [0.25, 0.3) is 0 Å². The molecular formula is C98H123BrNO20S4-. The molecular weight excluding hydrogens is 1720 g/mol. The summed E-state index contributed by atoms with van der Waals surface area (Å²) in [7, 11) is -9.49. The maximum atomic E-state index is 13.8. The summed E-state index contributed by atoms with van der Waals surface area (Å²) in [6, 6.07) is 64.3. The highest BCUT2D eigenvalue weighted by Crippen LogP contribution is 2.68. The number of hydrogen-bond donors (Lipinski definition) is 0. The van der Waals surface area contributed by atoms with E-state index in [1.165, 1.54) is 49.0 Å². The van der Waals surface area contributed by atoms with Crippen molar-refractivity contribution in [3.05, 3.63) is 182 Å². The van der Waals surface area contributed by atoms with Gasteiger partial charge in [-0.15, -0.1) is 0 Å². The molecule has 0 aromatic heterocycles. The predicted octanol–water partition coefficient (Wildman–Crippen LogP) is 13.2. The van der Waals surface area contributed by atoms with Crippen LogP contribution in [0.15, 0.2) is 211 Å². The SMILES string of the molecule is CCN(CC)CC.C[C@H](CCC(=O)OCCOC(=O)CS(=O)(=O)[O-])[C@H]1CCC2C3C(=O)CC4CC(=O)CC[C@]4(C)C3CC(=O)[C@@]21C.C[C@H](CCC(=O)OCCOC(=O)CS(=O)(=O)[O-])[C@H]1CCC2C3C(=O)CC4CC(=O)CC[C@]4(C)C3CC(=O)[C@@]21C.[Br-].c1ccc([S+](c2ccccc2)c2ccccc2)cc1.c1ccc([S+](c2ccccc2)c2ccccc2)cc1. The van der Waals surface area contributed by atoms with Crippen LogP contribution in [0.1, 0.15) is 178 Å². The standard InChI is InChI=1S/2C28H40O10S.2C18H15S.C6H15N.BrH/c2*1-16(4-7-24(32)37-10-11-38-25(33)15-39(34,35)36)19-5-6-20-26-21(14-23(31)28(19,20)3)27(2)9-8-18(29)12-17(27)13-22(26)30;2*1-4-10-16(11-5-1)19(17-12-6-2-7-13-17)18-14-8-3-9-15-18;1-4-7(5-2)6-3;/h2*16-17,19-21,26H,4-15H2,1-3H3,(H,34,35,36);2*1-15H;4-6H2,1-3H3;1H/q;;2*+1;;/p-3/t2*16-,17?,19-,20?,21?,26?,27+,28-;;;;/m11..../s1. The fourth-order valence-electron chi connectivity index (χ4n) is 21.8. The lowest BCUT2D eigenvalue weighted by Crippen LogP contribution is -3.00. The number of fused-ring (bicyclic) bond motifs is 10. The Hall–Kier alpha value is -7.82. The van der Waals surface area contributed by atoms with E-state index >= 15 is 0 Å². The number of halogens is 1. The second-order valence-electron chi connectivity index (χ2n) is 35.3. The zero-order valence-corrected chi connectivity index (χ0v) is 77.8.